The summed E-state index contributed by atoms with van der Waals surface area (Å²) < 4.78 is 11.6. The van der Waals surface area contributed by atoms with Gasteiger partial charge in [0.2, 0.25) is 0 Å². The molecule has 190 valence electrons. The molecule has 1 aromatic carbocycles. The van der Waals surface area contributed by atoms with E-state index >= 15 is 0 Å². The lowest BCUT2D eigenvalue weighted by molar-refractivity contribution is 0.102. The predicted octanol–water partition coefficient (Wildman–Crippen LogP) is 4.56. The molecule has 3 heterocycles. The molecule has 0 saturated carbocycles. The van der Waals surface area contributed by atoms with Gasteiger partial charge in [0.15, 0.2) is 11.5 Å². The fourth-order valence-corrected chi connectivity index (χ4v) is 4.18. The van der Waals surface area contributed by atoms with Crippen molar-refractivity contribution in [2.75, 3.05) is 42.3 Å². The van der Waals surface area contributed by atoms with E-state index in [9.17, 15) is 4.79 Å². The topological polar surface area (TPSA) is 115 Å². The van der Waals surface area contributed by atoms with Gasteiger partial charge in [-0.05, 0) is 56.5 Å². The lowest BCUT2D eigenvalue weighted by Crippen LogP contribution is -2.32. The molecule has 0 aliphatic carbocycles. The highest BCUT2D eigenvalue weighted by Gasteiger charge is 2.19. The Morgan fingerprint density at radius 1 is 1.17 bits per heavy atom. The number of rotatable bonds is 8. The Labute approximate surface area is 212 Å². The first-order valence-electron chi connectivity index (χ1n) is 12.5. The third-order valence-corrected chi connectivity index (χ3v) is 6.06. The number of carbonyl (C=O) groups excluding carboxylic acids is 1. The van der Waals surface area contributed by atoms with Crippen LogP contribution in [0.25, 0.3) is 11.3 Å². The van der Waals surface area contributed by atoms with Crippen molar-refractivity contribution in [1.82, 2.24) is 15.0 Å². The summed E-state index contributed by atoms with van der Waals surface area (Å²) in [5.41, 5.74) is 8.96. The van der Waals surface area contributed by atoms with Gasteiger partial charge in [0.25, 0.3) is 5.91 Å². The van der Waals surface area contributed by atoms with Gasteiger partial charge in [-0.25, -0.2) is 9.97 Å². The summed E-state index contributed by atoms with van der Waals surface area (Å²) in [7, 11) is 0. The lowest BCUT2D eigenvalue weighted by atomic mass is 10.1. The molecule has 0 radical (unpaired) electrons. The van der Waals surface area contributed by atoms with E-state index in [4.69, 9.17) is 15.2 Å². The summed E-state index contributed by atoms with van der Waals surface area (Å²) >= 11 is 0. The van der Waals surface area contributed by atoms with E-state index < -0.39 is 5.91 Å². The van der Waals surface area contributed by atoms with Crippen LogP contribution >= 0.6 is 0 Å². The first-order valence-corrected chi connectivity index (χ1v) is 12.5. The van der Waals surface area contributed by atoms with E-state index in [2.05, 4.69) is 39.0 Å². The van der Waals surface area contributed by atoms with Gasteiger partial charge in [-0.2, -0.15) is 0 Å². The van der Waals surface area contributed by atoms with E-state index in [1.807, 2.05) is 30.3 Å². The molecule has 4 rings (SSSR count). The zero-order valence-corrected chi connectivity index (χ0v) is 20.9. The standard InChI is InChI=1S/C27H34N6O3/c1-3-6-19(2)36-21-9-7-20(8-10-21)22-18-30-26(28)25(31-22)27(34)32-23-17-29-12-11-24(23)33-13-4-5-15-35-16-14-33/h7-12,17-19H,3-6,13-16H2,1-2H3,(H2,28,30)(H,32,34). The molecule has 9 nitrogen and oxygen atoms in total. The number of benzene rings is 1. The van der Waals surface area contributed by atoms with E-state index in [0.29, 0.717) is 18.0 Å². The van der Waals surface area contributed by atoms with Crippen LogP contribution in [0, 0.1) is 0 Å². The van der Waals surface area contributed by atoms with Crippen LogP contribution in [0.2, 0.25) is 0 Å². The van der Waals surface area contributed by atoms with Gasteiger partial charge in [-0.1, -0.05) is 13.3 Å². The van der Waals surface area contributed by atoms with Crippen molar-refractivity contribution in [3.63, 3.8) is 0 Å². The molecule has 1 aliphatic rings. The second-order valence-electron chi connectivity index (χ2n) is 8.88. The Hall–Kier alpha value is -3.72. The van der Waals surface area contributed by atoms with Gasteiger partial charge in [-0.3, -0.25) is 9.78 Å². The van der Waals surface area contributed by atoms with Gasteiger partial charge >= 0.3 is 0 Å². The zero-order chi connectivity index (χ0) is 25.3. The predicted molar refractivity (Wildman–Crippen MR) is 141 cm³/mol. The van der Waals surface area contributed by atoms with E-state index in [1.54, 1.807) is 18.6 Å². The number of aromatic nitrogens is 3. The van der Waals surface area contributed by atoms with E-state index in [-0.39, 0.29) is 17.6 Å². The summed E-state index contributed by atoms with van der Waals surface area (Å²) in [6, 6.07) is 9.49. The number of hydrogen-bond acceptors (Lipinski definition) is 8. The van der Waals surface area contributed by atoms with Crippen LogP contribution in [0.5, 0.6) is 5.75 Å². The van der Waals surface area contributed by atoms with Crippen LogP contribution in [0.4, 0.5) is 17.2 Å². The van der Waals surface area contributed by atoms with E-state index in [1.165, 1.54) is 0 Å². The SMILES string of the molecule is CCCC(C)Oc1ccc(-c2cnc(N)c(C(=O)Nc3cnccc3N3CCCCOCC3)n2)cc1. The maximum absolute atomic E-state index is 13.2. The summed E-state index contributed by atoms with van der Waals surface area (Å²) in [6.45, 7) is 7.24. The van der Waals surface area contributed by atoms with Crippen LogP contribution in [-0.4, -0.2) is 53.3 Å². The van der Waals surface area contributed by atoms with Crippen LogP contribution in [-0.2, 0) is 4.74 Å². The summed E-state index contributed by atoms with van der Waals surface area (Å²) in [5, 5.41) is 2.94. The van der Waals surface area contributed by atoms with Crippen molar-refractivity contribution < 1.29 is 14.3 Å². The number of pyridine rings is 1. The highest BCUT2D eigenvalue weighted by atomic mass is 16.5. The van der Waals surface area contributed by atoms with Gasteiger partial charge in [0.05, 0.1) is 42.2 Å². The minimum Gasteiger partial charge on any atom is -0.491 e. The van der Waals surface area contributed by atoms with Gasteiger partial charge in [0, 0.05) is 31.5 Å². The average Bonchev–Trinajstić information content (AvgIpc) is 2.85. The van der Waals surface area contributed by atoms with Crippen molar-refractivity contribution in [1.29, 1.82) is 0 Å². The Morgan fingerprint density at radius 2 is 2.00 bits per heavy atom. The third kappa shape index (κ3) is 6.48. The molecule has 3 N–H and O–H groups in total. The van der Waals surface area contributed by atoms with Crippen molar-refractivity contribution in [3.8, 4) is 17.0 Å². The molecule has 1 aliphatic heterocycles. The number of amides is 1. The highest BCUT2D eigenvalue weighted by Crippen LogP contribution is 2.27. The van der Waals surface area contributed by atoms with Gasteiger partial charge in [-0.15, -0.1) is 0 Å². The normalized spacial score (nSPS) is 15.0. The first-order chi connectivity index (χ1) is 17.5. The summed E-state index contributed by atoms with van der Waals surface area (Å²) in [4.78, 5) is 28.4. The number of carbonyl (C=O) groups is 1. The molecular weight excluding hydrogens is 456 g/mol. The maximum Gasteiger partial charge on any atom is 0.278 e. The monoisotopic (exact) mass is 490 g/mol. The van der Waals surface area contributed by atoms with Crippen molar-refractivity contribution in [3.05, 3.63) is 54.6 Å². The fraction of sp³-hybridized carbons (Fsp3) is 0.407. The second-order valence-corrected chi connectivity index (χ2v) is 8.88. The Morgan fingerprint density at radius 3 is 2.81 bits per heavy atom. The van der Waals surface area contributed by atoms with Crippen molar-refractivity contribution >= 4 is 23.1 Å². The smallest absolute Gasteiger partial charge is 0.278 e. The largest absolute Gasteiger partial charge is 0.491 e. The number of nitrogen functional groups attached to an aromatic ring is 1. The van der Waals surface area contributed by atoms with Gasteiger partial charge in [0.1, 0.15) is 5.75 Å². The number of nitrogens with two attached hydrogens (primary N) is 1. The number of nitrogens with zero attached hydrogens (tertiary/aromatic N) is 4. The van der Waals surface area contributed by atoms with Gasteiger partial charge < -0.3 is 25.4 Å². The highest BCUT2D eigenvalue weighted by molar-refractivity contribution is 6.07. The molecule has 36 heavy (non-hydrogen) atoms. The number of hydrogen-bond donors (Lipinski definition) is 2. The van der Waals surface area contributed by atoms with E-state index in [0.717, 1.165) is 62.4 Å². The summed E-state index contributed by atoms with van der Waals surface area (Å²) in [6.07, 6.45) is 9.15. The lowest BCUT2D eigenvalue weighted by Gasteiger charge is -2.28. The molecule has 1 unspecified atom stereocenters. The quantitative estimate of drug-likeness (QED) is 0.472. The average molecular weight is 491 g/mol. The molecule has 1 fully saturated rings. The molecule has 1 saturated heterocycles. The van der Waals surface area contributed by atoms with Crippen LogP contribution in [0.1, 0.15) is 50.0 Å². The number of ether oxygens (including phenoxy) is 2. The molecule has 3 aromatic rings. The fourth-order valence-electron chi connectivity index (χ4n) is 4.18. The summed E-state index contributed by atoms with van der Waals surface area (Å²) in [5.74, 6) is 0.419. The minimum atomic E-state index is -0.437. The third-order valence-electron chi connectivity index (χ3n) is 6.06. The maximum atomic E-state index is 13.2. The Kier molecular flexibility index (Phi) is 8.67. The van der Waals surface area contributed by atoms with Crippen LogP contribution in [0.15, 0.2) is 48.9 Å². The molecule has 1 amide bonds. The molecular formula is C27H34N6O3. The zero-order valence-electron chi connectivity index (χ0n) is 20.9. The molecule has 1 atom stereocenters. The Bertz CT molecular complexity index is 1150. The van der Waals surface area contributed by atoms with Crippen LogP contribution in [0.3, 0.4) is 0 Å². The van der Waals surface area contributed by atoms with Crippen LogP contribution < -0.4 is 20.7 Å². The Balaban J connectivity index is 1.51. The second kappa shape index (κ2) is 12.3. The molecule has 2 aromatic heterocycles. The molecule has 0 spiro atoms. The first kappa shape index (κ1) is 25.4. The molecule has 0 bridgehead atoms. The molecule has 9 heteroatoms. The van der Waals surface area contributed by atoms with Crippen molar-refractivity contribution in [2.45, 2.75) is 45.6 Å². The number of anilines is 3. The number of nitrogens with one attached hydrogen (secondary N) is 1. The minimum absolute atomic E-state index is 0.0645. The van der Waals surface area contributed by atoms with Crippen molar-refractivity contribution in [2.24, 2.45) is 0 Å².